The second-order valence-corrected chi connectivity index (χ2v) is 9.58. The number of ether oxygens (including phenoxy) is 2. The van der Waals surface area contributed by atoms with E-state index in [1.165, 1.54) is 24.3 Å². The molecule has 0 fully saturated rings. The summed E-state index contributed by atoms with van der Waals surface area (Å²) < 4.78 is 103. The van der Waals surface area contributed by atoms with Gasteiger partial charge in [-0.05, 0) is 48.0 Å². The van der Waals surface area contributed by atoms with Crippen molar-refractivity contribution in [3.8, 4) is 11.5 Å². The number of hydrogen-bond acceptors (Lipinski definition) is 5. The molecule has 9 nitrogen and oxygen atoms in total. The molecule has 0 saturated carbocycles. The highest BCUT2D eigenvalue weighted by Crippen LogP contribution is 2.48. The smallest absolute Gasteiger partial charge is 0.481 e. The third-order valence-corrected chi connectivity index (χ3v) is 6.33. The summed E-state index contributed by atoms with van der Waals surface area (Å²) in [6, 6.07) is 9.61. The number of amides is 3. The summed E-state index contributed by atoms with van der Waals surface area (Å²) in [5.41, 5.74) is -1.36. The van der Waals surface area contributed by atoms with Gasteiger partial charge in [0.15, 0.2) is 11.5 Å². The first-order valence-electron chi connectivity index (χ1n) is 12.3. The van der Waals surface area contributed by atoms with Crippen molar-refractivity contribution in [3.63, 3.8) is 0 Å². The number of carbonyl (C=O) groups excluding carboxylic acids is 2. The van der Waals surface area contributed by atoms with Crippen molar-refractivity contribution in [1.29, 1.82) is 0 Å². The van der Waals surface area contributed by atoms with E-state index >= 15 is 0 Å². The highest BCUT2D eigenvalue weighted by molar-refractivity contribution is 6.31. The van der Waals surface area contributed by atoms with E-state index in [-0.39, 0.29) is 36.4 Å². The monoisotopic (exact) mass is 649 g/mol. The molecule has 0 saturated heterocycles. The number of hydrogen-bond donors (Lipinski definition) is 3. The van der Waals surface area contributed by atoms with Crippen molar-refractivity contribution in [2.75, 3.05) is 16.8 Å². The highest BCUT2D eigenvalue weighted by atomic mass is 35.5. The minimum Gasteiger partial charge on any atom is -0.481 e. The first-order valence-corrected chi connectivity index (χ1v) is 12.7. The van der Waals surface area contributed by atoms with E-state index in [9.17, 15) is 45.1 Å². The van der Waals surface area contributed by atoms with E-state index in [4.69, 9.17) is 16.7 Å². The van der Waals surface area contributed by atoms with Crippen LogP contribution in [-0.4, -0.2) is 41.8 Å². The van der Waals surface area contributed by atoms with Crippen LogP contribution in [0, 0.1) is 0 Å². The zero-order chi connectivity index (χ0) is 32.4. The van der Waals surface area contributed by atoms with Crippen molar-refractivity contribution in [1.82, 2.24) is 5.32 Å². The predicted molar refractivity (Wildman–Crippen MR) is 140 cm³/mol. The van der Waals surface area contributed by atoms with Crippen LogP contribution < -0.4 is 25.0 Å². The molecule has 3 aromatic rings. The number of anilines is 2. The third kappa shape index (κ3) is 7.24. The maximum Gasteiger partial charge on any atom is 0.507 e. The first-order chi connectivity index (χ1) is 20.5. The normalized spacial score (nSPS) is 14.8. The molecule has 0 aliphatic carbocycles. The number of nitrogens with zero attached hydrogens (tertiary/aromatic N) is 1. The molecule has 3 aromatic carbocycles. The molecule has 1 heterocycles. The van der Waals surface area contributed by atoms with E-state index in [0.29, 0.717) is 11.6 Å². The molecule has 17 heteroatoms. The summed E-state index contributed by atoms with van der Waals surface area (Å²) in [5, 5.41) is 12.7. The number of aliphatic carboxylic acids is 1. The van der Waals surface area contributed by atoms with Gasteiger partial charge in [-0.3, -0.25) is 14.5 Å². The Morgan fingerprint density at radius 3 is 2.14 bits per heavy atom. The van der Waals surface area contributed by atoms with Crippen molar-refractivity contribution in [3.05, 3.63) is 82.4 Å². The summed E-state index contributed by atoms with van der Waals surface area (Å²) >= 11 is 5.63. The van der Waals surface area contributed by atoms with Crippen LogP contribution in [0.25, 0.3) is 0 Å². The molecule has 44 heavy (non-hydrogen) atoms. The average Bonchev–Trinajstić information content (AvgIpc) is 2.92. The average molecular weight is 650 g/mol. The standard InChI is InChI=1S/C27H19ClF7N3O6/c28-19-7-5-16(11-18(19)25(29,30)31)37-24(42)38(13-14-1-3-15(4-2-14)23(41)36-10-9-22(39)40)17-6-8-20-21(12-17)44-27(34,35)26(32,33)43-20/h1-8,11-12H,9-10,13H2,(H,36,41)(H,37,42)(H,39,40). The Kier molecular flexibility index (Phi) is 8.86. The second kappa shape index (κ2) is 12.1. The van der Waals surface area contributed by atoms with E-state index in [0.717, 1.165) is 35.2 Å². The van der Waals surface area contributed by atoms with E-state index in [2.05, 4.69) is 20.1 Å². The number of nitrogens with one attached hydrogen (secondary N) is 2. The molecule has 0 aromatic heterocycles. The van der Waals surface area contributed by atoms with Crippen LogP contribution in [-0.2, 0) is 17.5 Å². The lowest BCUT2D eigenvalue weighted by molar-refractivity contribution is -0.391. The molecule has 4 rings (SSSR count). The fourth-order valence-electron chi connectivity index (χ4n) is 3.84. The molecule has 3 amide bonds. The molecule has 1 aliphatic rings. The van der Waals surface area contributed by atoms with Gasteiger partial charge in [0.1, 0.15) is 0 Å². The Hall–Kier alpha value is -4.73. The Labute approximate surface area is 248 Å². The molecular formula is C27H19ClF7N3O6. The summed E-state index contributed by atoms with van der Waals surface area (Å²) in [7, 11) is 0. The summed E-state index contributed by atoms with van der Waals surface area (Å²) in [4.78, 5) is 37.1. The van der Waals surface area contributed by atoms with Crippen LogP contribution in [0.3, 0.4) is 0 Å². The summed E-state index contributed by atoms with van der Waals surface area (Å²) in [6.07, 6.45) is -15.2. The molecule has 0 radical (unpaired) electrons. The zero-order valence-electron chi connectivity index (χ0n) is 21.9. The third-order valence-electron chi connectivity index (χ3n) is 6.00. The lowest BCUT2D eigenvalue weighted by Gasteiger charge is -2.32. The zero-order valence-corrected chi connectivity index (χ0v) is 22.6. The lowest BCUT2D eigenvalue weighted by Crippen LogP contribution is -2.52. The van der Waals surface area contributed by atoms with Gasteiger partial charge in [-0.2, -0.15) is 30.7 Å². The van der Waals surface area contributed by atoms with Crippen LogP contribution in [0.4, 0.5) is 46.9 Å². The molecule has 0 bridgehead atoms. The van der Waals surface area contributed by atoms with Crippen molar-refractivity contribution < 1.29 is 59.7 Å². The van der Waals surface area contributed by atoms with Crippen LogP contribution in [0.1, 0.15) is 27.9 Å². The minimum absolute atomic E-state index is 0.124. The molecule has 0 unspecified atom stereocenters. The Morgan fingerprint density at radius 2 is 1.52 bits per heavy atom. The number of benzene rings is 3. The predicted octanol–water partition coefficient (Wildman–Crippen LogP) is 6.76. The summed E-state index contributed by atoms with van der Waals surface area (Å²) in [6.45, 7) is -0.516. The van der Waals surface area contributed by atoms with Gasteiger partial charge in [0, 0.05) is 29.5 Å². The molecule has 0 spiro atoms. The number of carboxylic acids is 1. The topological polar surface area (TPSA) is 117 Å². The highest BCUT2D eigenvalue weighted by Gasteiger charge is 2.66. The van der Waals surface area contributed by atoms with Gasteiger partial charge in [0.25, 0.3) is 5.91 Å². The maximum absolute atomic E-state index is 13.8. The molecule has 3 N–H and O–H groups in total. The first kappa shape index (κ1) is 32.2. The molecular weight excluding hydrogens is 631 g/mol. The minimum atomic E-state index is -5.07. The Bertz CT molecular complexity index is 1590. The van der Waals surface area contributed by atoms with E-state index < -0.39 is 58.4 Å². The Balaban J connectivity index is 1.64. The van der Waals surface area contributed by atoms with Crippen LogP contribution in [0.2, 0.25) is 5.02 Å². The number of halogens is 8. The SMILES string of the molecule is O=C(O)CCNC(=O)c1ccc(CN(C(=O)Nc2ccc(Cl)c(C(F)(F)F)c2)c2ccc3c(c2)OC(F)(F)C(F)(F)O3)cc1. The van der Waals surface area contributed by atoms with E-state index in [1.807, 2.05) is 0 Å². The molecule has 234 valence electrons. The van der Waals surface area contributed by atoms with Gasteiger partial charge in [0.05, 0.1) is 23.6 Å². The Morgan fingerprint density at radius 1 is 0.886 bits per heavy atom. The van der Waals surface area contributed by atoms with E-state index in [1.54, 1.807) is 0 Å². The van der Waals surface area contributed by atoms with Gasteiger partial charge in [0.2, 0.25) is 0 Å². The number of alkyl halides is 7. The number of carboxylic acid groups (broad SMARTS) is 1. The van der Waals surface area contributed by atoms with Crippen molar-refractivity contribution in [2.24, 2.45) is 0 Å². The lowest BCUT2D eigenvalue weighted by atomic mass is 10.1. The molecule has 1 aliphatic heterocycles. The van der Waals surface area contributed by atoms with Crippen LogP contribution >= 0.6 is 11.6 Å². The van der Waals surface area contributed by atoms with Gasteiger partial charge in [-0.25, -0.2) is 4.79 Å². The van der Waals surface area contributed by atoms with Crippen molar-refractivity contribution >= 4 is 40.9 Å². The number of urea groups is 1. The van der Waals surface area contributed by atoms with Crippen LogP contribution in [0.15, 0.2) is 60.7 Å². The summed E-state index contributed by atoms with van der Waals surface area (Å²) in [5.74, 6) is -3.34. The maximum atomic E-state index is 13.8. The van der Waals surface area contributed by atoms with Gasteiger partial charge < -0.3 is 25.2 Å². The van der Waals surface area contributed by atoms with Gasteiger partial charge in [-0.1, -0.05) is 23.7 Å². The second-order valence-electron chi connectivity index (χ2n) is 9.17. The molecule has 0 atom stereocenters. The van der Waals surface area contributed by atoms with Crippen molar-refractivity contribution in [2.45, 2.75) is 31.4 Å². The van der Waals surface area contributed by atoms with Gasteiger partial charge in [-0.15, -0.1) is 0 Å². The van der Waals surface area contributed by atoms with Gasteiger partial charge >= 0.3 is 30.4 Å². The fraction of sp³-hybridized carbons (Fsp3) is 0.222. The quantitative estimate of drug-likeness (QED) is 0.232. The number of carbonyl (C=O) groups is 3. The number of fused-ring (bicyclic) bond motifs is 1. The fourth-order valence-corrected chi connectivity index (χ4v) is 4.07. The largest absolute Gasteiger partial charge is 0.507 e. The number of rotatable bonds is 8. The van der Waals surface area contributed by atoms with Crippen LogP contribution in [0.5, 0.6) is 11.5 Å².